The molecule has 0 fully saturated rings. The minimum atomic E-state index is -1.36. The number of nitrogens with two attached hydrogens (primary N) is 2. The average molecular weight is 694 g/mol. The molecule has 2 heterocycles. The van der Waals surface area contributed by atoms with Gasteiger partial charge in [-0.2, -0.15) is 0 Å². The van der Waals surface area contributed by atoms with Crippen molar-refractivity contribution in [2.24, 2.45) is 17.4 Å². The Morgan fingerprint density at radius 1 is 0.820 bits per heavy atom. The summed E-state index contributed by atoms with van der Waals surface area (Å²) < 4.78 is 0. The van der Waals surface area contributed by atoms with E-state index in [1.54, 1.807) is 38.4 Å². The molecule has 5 atom stereocenters. The first-order valence-electron chi connectivity index (χ1n) is 15.9. The van der Waals surface area contributed by atoms with Crippen molar-refractivity contribution < 1.29 is 39.0 Å². The van der Waals surface area contributed by atoms with Crippen LogP contribution in [0.25, 0.3) is 0 Å². The van der Waals surface area contributed by atoms with Gasteiger partial charge in [0.05, 0.1) is 18.1 Å². The smallest absolute Gasteiger partial charge is 0.326 e. The number of carboxylic acid groups (broad SMARTS) is 1. The van der Waals surface area contributed by atoms with Gasteiger partial charge >= 0.3 is 5.97 Å². The highest BCUT2D eigenvalue weighted by atomic mass is 16.4. The number of primary amides is 1. The van der Waals surface area contributed by atoms with Gasteiger partial charge < -0.3 is 47.9 Å². The number of hydrogen-bond donors (Lipinski definition) is 9. The summed E-state index contributed by atoms with van der Waals surface area (Å²) in [6.07, 6.45) is 5.34. The highest BCUT2D eigenvalue weighted by Crippen LogP contribution is 2.13. The van der Waals surface area contributed by atoms with Gasteiger partial charge in [-0.15, -0.1) is 0 Å². The van der Waals surface area contributed by atoms with Gasteiger partial charge in [0.2, 0.25) is 29.5 Å². The lowest BCUT2D eigenvalue weighted by molar-refractivity contribution is -0.143. The number of aromatic hydroxyl groups is 1. The summed E-state index contributed by atoms with van der Waals surface area (Å²) in [4.78, 5) is 88.3. The third-order valence-corrected chi connectivity index (χ3v) is 7.67. The fourth-order valence-electron chi connectivity index (χ4n) is 4.91. The monoisotopic (exact) mass is 693 g/mol. The van der Waals surface area contributed by atoms with Crippen LogP contribution in [-0.2, 0) is 48.0 Å². The molecule has 0 saturated carbocycles. The van der Waals surface area contributed by atoms with E-state index in [1.807, 2.05) is 0 Å². The maximum atomic E-state index is 13.9. The van der Waals surface area contributed by atoms with Crippen LogP contribution in [0.3, 0.4) is 0 Å². The molecular formula is C33H43N9O8. The Labute approximate surface area is 288 Å². The molecule has 0 aliphatic carbocycles. The molecule has 5 amide bonds. The molecule has 0 unspecified atom stereocenters. The molecule has 0 spiro atoms. The van der Waals surface area contributed by atoms with E-state index in [-0.39, 0.29) is 37.9 Å². The second kappa shape index (κ2) is 18.6. The molecule has 2 aromatic heterocycles. The number of nitrogens with one attached hydrogen (secondary N) is 5. The Morgan fingerprint density at radius 3 is 2.00 bits per heavy atom. The number of imidazole rings is 1. The predicted molar refractivity (Wildman–Crippen MR) is 179 cm³/mol. The Morgan fingerprint density at radius 2 is 1.44 bits per heavy atom. The van der Waals surface area contributed by atoms with Crippen molar-refractivity contribution in [2.75, 3.05) is 0 Å². The van der Waals surface area contributed by atoms with E-state index in [4.69, 9.17) is 11.5 Å². The summed E-state index contributed by atoms with van der Waals surface area (Å²) >= 11 is 0. The van der Waals surface area contributed by atoms with Crippen LogP contribution >= 0.6 is 0 Å². The fraction of sp³-hybridized carbons (Fsp3) is 0.394. The number of rotatable bonds is 19. The number of aliphatic carboxylic acids is 1. The number of H-pyrrole nitrogens is 1. The molecule has 17 nitrogen and oxygen atoms in total. The lowest BCUT2D eigenvalue weighted by atomic mass is 10.0. The zero-order valence-corrected chi connectivity index (χ0v) is 27.7. The molecule has 3 rings (SSSR count). The lowest BCUT2D eigenvalue weighted by Crippen LogP contribution is -2.59. The SMILES string of the molecule is CC(C)[C@H](NC(=O)[C@H](Cc1ccc(O)cc1)NC(=O)[C@H](Cc1c[nH]cn1)NC(=O)[C@H](CCC(N)=O)NC(=O)[C@@H](N)Cc1cccnc1)C(=O)O. The molecule has 1 aromatic carbocycles. The molecule has 0 aliphatic rings. The summed E-state index contributed by atoms with van der Waals surface area (Å²) in [6, 6.07) is 2.92. The maximum absolute atomic E-state index is 13.9. The first-order chi connectivity index (χ1) is 23.7. The van der Waals surface area contributed by atoms with Crippen LogP contribution in [-0.4, -0.2) is 90.9 Å². The number of phenolic OH excluding ortho intramolecular Hbond substituents is 1. The molecule has 3 aromatic rings. The quantitative estimate of drug-likeness (QED) is 0.0720. The summed E-state index contributed by atoms with van der Waals surface area (Å²) in [5.41, 5.74) is 13.0. The van der Waals surface area contributed by atoms with Gasteiger partial charge in [-0.3, -0.25) is 29.0 Å². The number of amides is 5. The average Bonchev–Trinajstić information content (AvgIpc) is 3.58. The number of nitrogens with zero attached hydrogens (tertiary/aromatic N) is 2. The van der Waals surface area contributed by atoms with E-state index in [1.165, 1.54) is 36.8 Å². The molecule has 0 aliphatic heterocycles. The van der Waals surface area contributed by atoms with E-state index in [0.29, 0.717) is 16.8 Å². The van der Waals surface area contributed by atoms with Crippen molar-refractivity contribution in [3.8, 4) is 5.75 Å². The normalized spacial score (nSPS) is 14.0. The van der Waals surface area contributed by atoms with Gasteiger partial charge in [-0.1, -0.05) is 32.0 Å². The molecule has 268 valence electrons. The van der Waals surface area contributed by atoms with E-state index in [9.17, 15) is 39.0 Å². The van der Waals surface area contributed by atoms with Crippen LogP contribution in [0.2, 0.25) is 0 Å². The standard InChI is InChI=1S/C33H43N9O8/c1-18(2)28(33(49)50)42-32(48)25(13-19-5-7-22(43)8-6-19)40-31(47)26(14-21-16-37-17-38-21)41-30(46)24(9-10-27(35)44)39-29(45)23(34)12-20-4-3-11-36-15-20/h3-8,11,15-18,23-26,28,43H,9-10,12-14,34H2,1-2H3,(H2,35,44)(H,37,38)(H,39,45)(H,40,47)(H,41,46)(H,42,48)(H,49,50)/t23-,24-,25-,26-,28-/m0/s1. The minimum Gasteiger partial charge on any atom is -0.508 e. The highest BCUT2D eigenvalue weighted by Gasteiger charge is 2.33. The van der Waals surface area contributed by atoms with Crippen molar-refractivity contribution in [3.63, 3.8) is 0 Å². The van der Waals surface area contributed by atoms with E-state index in [0.717, 1.165) is 0 Å². The van der Waals surface area contributed by atoms with Crippen LogP contribution in [0.5, 0.6) is 5.75 Å². The van der Waals surface area contributed by atoms with Crippen molar-refractivity contribution in [2.45, 2.75) is 76.2 Å². The predicted octanol–water partition coefficient (Wildman–Crippen LogP) is -1.19. The second-order valence-electron chi connectivity index (χ2n) is 12.1. The van der Waals surface area contributed by atoms with Crippen molar-refractivity contribution in [1.82, 2.24) is 36.2 Å². The number of benzene rings is 1. The van der Waals surface area contributed by atoms with Crippen LogP contribution in [0.4, 0.5) is 0 Å². The molecular weight excluding hydrogens is 650 g/mol. The summed E-state index contributed by atoms with van der Waals surface area (Å²) in [5.74, 6) is -5.68. The maximum Gasteiger partial charge on any atom is 0.326 e. The van der Waals surface area contributed by atoms with Gasteiger partial charge in [-0.25, -0.2) is 9.78 Å². The molecule has 0 saturated heterocycles. The third-order valence-electron chi connectivity index (χ3n) is 7.67. The molecule has 17 heteroatoms. The number of carboxylic acids is 1. The van der Waals surface area contributed by atoms with Crippen LogP contribution in [0.15, 0.2) is 61.3 Å². The van der Waals surface area contributed by atoms with E-state index in [2.05, 4.69) is 36.2 Å². The second-order valence-corrected chi connectivity index (χ2v) is 12.1. The van der Waals surface area contributed by atoms with Crippen molar-refractivity contribution >= 4 is 35.5 Å². The molecule has 11 N–H and O–H groups in total. The zero-order valence-electron chi connectivity index (χ0n) is 27.7. The number of aromatic nitrogens is 3. The number of hydrogen-bond acceptors (Lipinski definition) is 10. The number of phenols is 1. The lowest BCUT2D eigenvalue weighted by Gasteiger charge is -2.27. The highest BCUT2D eigenvalue weighted by molar-refractivity contribution is 5.96. The topological polar surface area (TPSA) is 285 Å². The third kappa shape index (κ3) is 12.3. The van der Waals surface area contributed by atoms with Crippen molar-refractivity contribution in [1.29, 1.82) is 0 Å². The summed E-state index contributed by atoms with van der Waals surface area (Å²) in [7, 11) is 0. The first-order valence-corrected chi connectivity index (χ1v) is 15.9. The van der Waals surface area contributed by atoms with Gasteiger partial charge in [0, 0.05) is 37.9 Å². The first kappa shape index (κ1) is 38.6. The largest absolute Gasteiger partial charge is 0.508 e. The number of aromatic amines is 1. The number of carbonyl (C=O) groups is 6. The Bertz CT molecular complexity index is 1600. The number of pyridine rings is 1. The summed E-state index contributed by atoms with van der Waals surface area (Å²) in [5, 5.41) is 29.5. The van der Waals surface area contributed by atoms with Gasteiger partial charge in [0.15, 0.2) is 0 Å². The number of carbonyl (C=O) groups excluding carboxylic acids is 5. The Balaban J connectivity index is 1.85. The van der Waals surface area contributed by atoms with Gasteiger partial charge in [0.25, 0.3) is 0 Å². The fourth-order valence-corrected chi connectivity index (χ4v) is 4.91. The molecule has 0 bridgehead atoms. The summed E-state index contributed by atoms with van der Waals surface area (Å²) in [6.45, 7) is 3.22. The van der Waals surface area contributed by atoms with Crippen LogP contribution in [0.1, 0.15) is 43.5 Å². The zero-order chi connectivity index (χ0) is 36.8. The van der Waals surface area contributed by atoms with Gasteiger partial charge in [0.1, 0.15) is 29.9 Å². The van der Waals surface area contributed by atoms with Gasteiger partial charge in [-0.05, 0) is 48.1 Å². The van der Waals surface area contributed by atoms with E-state index < -0.39 is 71.6 Å². The Hall–Kier alpha value is -5.84. The van der Waals surface area contributed by atoms with E-state index >= 15 is 0 Å². The Kier molecular flexibility index (Phi) is 14.4. The van der Waals surface area contributed by atoms with Crippen LogP contribution < -0.4 is 32.7 Å². The minimum absolute atomic E-state index is 0.0256. The van der Waals surface area contributed by atoms with Crippen molar-refractivity contribution in [3.05, 3.63) is 78.1 Å². The van der Waals surface area contributed by atoms with Crippen LogP contribution in [0, 0.1) is 5.92 Å². The molecule has 50 heavy (non-hydrogen) atoms. The molecule has 0 radical (unpaired) electrons.